The van der Waals surface area contributed by atoms with E-state index in [1.165, 1.54) is 7.11 Å². The van der Waals surface area contributed by atoms with Crippen molar-refractivity contribution in [3.63, 3.8) is 0 Å². The van der Waals surface area contributed by atoms with Crippen molar-refractivity contribution >= 4 is 5.97 Å². The van der Waals surface area contributed by atoms with Gasteiger partial charge in [0.15, 0.2) is 0 Å². The number of hydrogen-bond acceptors (Lipinski definition) is 4. The molecule has 0 saturated carbocycles. The van der Waals surface area contributed by atoms with Gasteiger partial charge in [-0.15, -0.1) is 0 Å². The molecule has 0 amide bonds. The van der Waals surface area contributed by atoms with Crippen molar-refractivity contribution in [3.8, 4) is 0 Å². The highest BCUT2D eigenvalue weighted by Crippen LogP contribution is 2.23. The summed E-state index contributed by atoms with van der Waals surface area (Å²) < 4.78 is 10.2. The average molecular weight is 227 g/mol. The molecule has 0 radical (unpaired) electrons. The van der Waals surface area contributed by atoms with Crippen molar-refractivity contribution < 1.29 is 14.3 Å². The van der Waals surface area contributed by atoms with Gasteiger partial charge in [0.1, 0.15) is 0 Å². The third kappa shape index (κ3) is 2.74. The topological polar surface area (TPSA) is 38.8 Å². The first-order valence-electron chi connectivity index (χ1n) is 6.21. The summed E-state index contributed by atoms with van der Waals surface area (Å²) in [5.74, 6) is 0.0401. The second kappa shape index (κ2) is 5.64. The van der Waals surface area contributed by atoms with E-state index in [2.05, 4.69) is 4.90 Å². The van der Waals surface area contributed by atoms with Crippen LogP contribution in [-0.2, 0) is 14.3 Å². The maximum absolute atomic E-state index is 11.5. The van der Waals surface area contributed by atoms with E-state index in [-0.39, 0.29) is 11.9 Å². The Morgan fingerprint density at radius 3 is 2.75 bits per heavy atom. The van der Waals surface area contributed by atoms with Gasteiger partial charge in [-0.2, -0.15) is 0 Å². The van der Waals surface area contributed by atoms with E-state index in [0.717, 1.165) is 52.0 Å². The first-order chi connectivity index (χ1) is 7.81. The number of rotatable bonds is 2. The lowest BCUT2D eigenvalue weighted by molar-refractivity contribution is -0.147. The van der Waals surface area contributed by atoms with Gasteiger partial charge in [-0.3, -0.25) is 9.69 Å². The first kappa shape index (κ1) is 11.9. The van der Waals surface area contributed by atoms with Crippen LogP contribution in [0, 0.1) is 5.92 Å². The number of nitrogens with zero attached hydrogens (tertiary/aromatic N) is 1. The van der Waals surface area contributed by atoms with Crippen molar-refractivity contribution in [2.45, 2.75) is 31.7 Å². The van der Waals surface area contributed by atoms with Crippen LogP contribution in [0.3, 0.4) is 0 Å². The number of carbonyl (C=O) groups excluding carboxylic acids is 1. The molecule has 0 unspecified atom stereocenters. The molecule has 2 fully saturated rings. The fourth-order valence-corrected chi connectivity index (χ4v) is 2.75. The summed E-state index contributed by atoms with van der Waals surface area (Å²) in [7, 11) is 1.48. The molecule has 2 saturated heterocycles. The number of esters is 1. The van der Waals surface area contributed by atoms with Crippen LogP contribution in [0.4, 0.5) is 0 Å². The number of methoxy groups -OCH3 is 1. The van der Waals surface area contributed by atoms with E-state index < -0.39 is 0 Å². The van der Waals surface area contributed by atoms with Crippen LogP contribution in [-0.4, -0.2) is 50.3 Å². The Labute approximate surface area is 96.9 Å². The minimum absolute atomic E-state index is 0.0447. The highest BCUT2D eigenvalue weighted by Gasteiger charge is 2.30. The number of piperidine rings is 1. The summed E-state index contributed by atoms with van der Waals surface area (Å²) in [6.45, 7) is 3.73. The van der Waals surface area contributed by atoms with Gasteiger partial charge in [-0.1, -0.05) is 0 Å². The number of carbonyl (C=O) groups is 1. The van der Waals surface area contributed by atoms with Crippen molar-refractivity contribution in [2.75, 3.05) is 33.4 Å². The van der Waals surface area contributed by atoms with Crippen LogP contribution in [0.1, 0.15) is 25.7 Å². The molecular formula is C12H21NO3. The van der Waals surface area contributed by atoms with E-state index >= 15 is 0 Å². The molecule has 2 rings (SSSR count). The molecule has 2 heterocycles. The molecule has 0 aromatic rings. The van der Waals surface area contributed by atoms with E-state index in [1.807, 2.05) is 0 Å². The highest BCUT2D eigenvalue weighted by atomic mass is 16.5. The van der Waals surface area contributed by atoms with E-state index in [0.29, 0.717) is 6.04 Å². The van der Waals surface area contributed by atoms with Gasteiger partial charge >= 0.3 is 5.97 Å². The van der Waals surface area contributed by atoms with Crippen LogP contribution in [0.2, 0.25) is 0 Å². The lowest BCUT2D eigenvalue weighted by Crippen LogP contribution is -2.46. The largest absolute Gasteiger partial charge is 0.469 e. The van der Waals surface area contributed by atoms with Gasteiger partial charge in [0.2, 0.25) is 0 Å². The van der Waals surface area contributed by atoms with Crippen molar-refractivity contribution in [2.24, 2.45) is 5.92 Å². The summed E-state index contributed by atoms with van der Waals surface area (Å²) >= 11 is 0. The molecule has 0 bridgehead atoms. The van der Waals surface area contributed by atoms with Crippen LogP contribution < -0.4 is 0 Å². The fraction of sp³-hybridized carbons (Fsp3) is 0.917. The molecule has 16 heavy (non-hydrogen) atoms. The van der Waals surface area contributed by atoms with Crippen LogP contribution in [0.25, 0.3) is 0 Å². The Kier molecular flexibility index (Phi) is 4.18. The van der Waals surface area contributed by atoms with Gasteiger partial charge in [0, 0.05) is 25.8 Å². The fourth-order valence-electron chi connectivity index (χ4n) is 2.75. The molecule has 1 atom stereocenters. The van der Waals surface area contributed by atoms with Gasteiger partial charge in [0.25, 0.3) is 0 Å². The SMILES string of the molecule is COC(=O)[C@H]1CCCN(C2CCOCC2)C1. The molecule has 0 aromatic carbocycles. The monoisotopic (exact) mass is 227 g/mol. The summed E-state index contributed by atoms with van der Waals surface area (Å²) in [6.07, 6.45) is 4.30. The Bertz CT molecular complexity index is 238. The van der Waals surface area contributed by atoms with Crippen molar-refractivity contribution in [3.05, 3.63) is 0 Å². The Morgan fingerprint density at radius 2 is 2.06 bits per heavy atom. The molecular weight excluding hydrogens is 206 g/mol. The smallest absolute Gasteiger partial charge is 0.309 e. The highest BCUT2D eigenvalue weighted by molar-refractivity contribution is 5.72. The third-order valence-electron chi connectivity index (χ3n) is 3.69. The third-order valence-corrected chi connectivity index (χ3v) is 3.69. The molecule has 0 aliphatic carbocycles. The Morgan fingerprint density at radius 1 is 1.31 bits per heavy atom. The first-order valence-corrected chi connectivity index (χ1v) is 6.21. The Hall–Kier alpha value is -0.610. The zero-order valence-corrected chi connectivity index (χ0v) is 9.98. The molecule has 0 aromatic heterocycles. The van der Waals surface area contributed by atoms with Crippen molar-refractivity contribution in [1.29, 1.82) is 0 Å². The van der Waals surface area contributed by atoms with Crippen LogP contribution in [0.15, 0.2) is 0 Å². The summed E-state index contributed by atoms with van der Waals surface area (Å²) in [5.41, 5.74) is 0. The molecule has 4 nitrogen and oxygen atoms in total. The molecule has 92 valence electrons. The predicted molar refractivity (Wildman–Crippen MR) is 60.2 cm³/mol. The lowest BCUT2D eigenvalue weighted by Gasteiger charge is -2.39. The molecule has 4 heteroatoms. The zero-order valence-electron chi connectivity index (χ0n) is 9.98. The predicted octanol–water partition coefficient (Wildman–Crippen LogP) is 1.05. The van der Waals surface area contributed by atoms with E-state index in [9.17, 15) is 4.79 Å². The summed E-state index contributed by atoms with van der Waals surface area (Å²) in [5, 5.41) is 0. The van der Waals surface area contributed by atoms with Crippen LogP contribution in [0.5, 0.6) is 0 Å². The van der Waals surface area contributed by atoms with Gasteiger partial charge in [-0.25, -0.2) is 0 Å². The maximum Gasteiger partial charge on any atom is 0.309 e. The summed E-state index contributed by atoms with van der Waals surface area (Å²) in [4.78, 5) is 14.0. The normalized spacial score (nSPS) is 28.9. The van der Waals surface area contributed by atoms with E-state index in [1.54, 1.807) is 0 Å². The lowest BCUT2D eigenvalue weighted by atomic mass is 9.95. The minimum Gasteiger partial charge on any atom is -0.469 e. The van der Waals surface area contributed by atoms with Crippen molar-refractivity contribution in [1.82, 2.24) is 4.90 Å². The second-order valence-corrected chi connectivity index (χ2v) is 4.70. The molecule has 0 N–H and O–H groups in total. The zero-order chi connectivity index (χ0) is 11.4. The molecule has 2 aliphatic heterocycles. The summed E-state index contributed by atoms with van der Waals surface area (Å²) in [6, 6.07) is 0.612. The second-order valence-electron chi connectivity index (χ2n) is 4.70. The minimum atomic E-state index is -0.0447. The van der Waals surface area contributed by atoms with Gasteiger partial charge in [-0.05, 0) is 32.2 Å². The standard InChI is InChI=1S/C12H21NO3/c1-15-12(14)10-3-2-6-13(9-10)11-4-7-16-8-5-11/h10-11H,2-9H2,1H3/t10-/m0/s1. The average Bonchev–Trinajstić information content (AvgIpc) is 2.39. The van der Waals surface area contributed by atoms with Gasteiger partial charge in [0.05, 0.1) is 13.0 Å². The molecule has 0 spiro atoms. The van der Waals surface area contributed by atoms with Gasteiger partial charge < -0.3 is 9.47 Å². The number of ether oxygens (including phenoxy) is 2. The quantitative estimate of drug-likeness (QED) is 0.661. The number of hydrogen-bond donors (Lipinski definition) is 0. The van der Waals surface area contributed by atoms with E-state index in [4.69, 9.17) is 9.47 Å². The Balaban J connectivity index is 1.87. The van der Waals surface area contributed by atoms with Crippen LogP contribution >= 0.6 is 0 Å². The number of likely N-dealkylation sites (tertiary alicyclic amines) is 1. The maximum atomic E-state index is 11.5. The molecule has 2 aliphatic rings.